The van der Waals surface area contributed by atoms with Crippen LogP contribution in [-0.2, 0) is 6.54 Å². The molecule has 23 heavy (non-hydrogen) atoms. The maximum absolute atomic E-state index is 5.79. The molecule has 1 N–H and O–H groups in total. The largest absolute Gasteiger partial charge is 0.493 e. The van der Waals surface area contributed by atoms with Crippen LogP contribution in [0.2, 0.25) is 0 Å². The number of hydrogen-bond acceptors (Lipinski definition) is 4. The Morgan fingerprint density at radius 2 is 1.87 bits per heavy atom. The zero-order valence-corrected chi connectivity index (χ0v) is 16.7. The van der Waals surface area contributed by atoms with E-state index in [2.05, 4.69) is 40.0 Å². The van der Waals surface area contributed by atoms with Crippen LogP contribution in [0, 0.1) is 0 Å². The Labute approximate surface area is 149 Å². The van der Waals surface area contributed by atoms with Crippen LogP contribution in [0.15, 0.2) is 16.6 Å². The van der Waals surface area contributed by atoms with Crippen LogP contribution in [0.5, 0.6) is 11.5 Å². The summed E-state index contributed by atoms with van der Waals surface area (Å²) in [6.07, 6.45) is 1.28. The van der Waals surface area contributed by atoms with E-state index >= 15 is 0 Å². The van der Waals surface area contributed by atoms with Gasteiger partial charge in [-0.25, -0.2) is 0 Å². The van der Waals surface area contributed by atoms with E-state index in [-0.39, 0.29) is 6.10 Å². The van der Waals surface area contributed by atoms with Gasteiger partial charge in [-0.3, -0.25) is 0 Å². The van der Waals surface area contributed by atoms with Crippen LogP contribution in [-0.4, -0.2) is 44.3 Å². The molecule has 0 aliphatic rings. The Hall–Kier alpha value is -0.780. The van der Waals surface area contributed by atoms with Crippen molar-refractivity contribution in [1.82, 2.24) is 10.2 Å². The first kappa shape index (κ1) is 20.3. The summed E-state index contributed by atoms with van der Waals surface area (Å²) in [5.41, 5.74) is 1.18. The molecule has 0 amide bonds. The van der Waals surface area contributed by atoms with Crippen LogP contribution < -0.4 is 14.8 Å². The smallest absolute Gasteiger partial charge is 0.162 e. The molecule has 1 rings (SSSR count). The highest BCUT2D eigenvalue weighted by atomic mass is 79.9. The first-order valence-corrected chi connectivity index (χ1v) is 9.27. The summed E-state index contributed by atoms with van der Waals surface area (Å²) in [6, 6.07) is 4.03. The second-order valence-electron chi connectivity index (χ2n) is 5.82. The Balaban J connectivity index is 2.53. The minimum Gasteiger partial charge on any atom is -0.493 e. The number of ether oxygens (including phenoxy) is 2. The third-order valence-corrected chi connectivity index (χ3v) is 4.47. The van der Waals surface area contributed by atoms with Gasteiger partial charge < -0.3 is 19.7 Å². The Kier molecular flexibility index (Phi) is 9.60. The minimum atomic E-state index is 0.125. The van der Waals surface area contributed by atoms with E-state index in [0.717, 1.165) is 55.1 Å². The molecule has 0 fully saturated rings. The molecular formula is C18H31BrN2O2. The molecular weight excluding hydrogens is 356 g/mol. The predicted molar refractivity (Wildman–Crippen MR) is 101 cm³/mol. The molecule has 0 spiro atoms. The van der Waals surface area contributed by atoms with Gasteiger partial charge in [-0.05, 0) is 64.1 Å². The van der Waals surface area contributed by atoms with Gasteiger partial charge in [0.25, 0.3) is 0 Å². The molecule has 0 bridgehead atoms. The highest BCUT2D eigenvalue weighted by Gasteiger charge is 2.11. The average molecular weight is 387 g/mol. The second kappa shape index (κ2) is 10.9. The first-order chi connectivity index (χ1) is 11.0. The lowest BCUT2D eigenvalue weighted by Crippen LogP contribution is -2.27. The second-order valence-corrected chi connectivity index (χ2v) is 6.67. The summed E-state index contributed by atoms with van der Waals surface area (Å²) in [5, 5.41) is 3.50. The molecule has 132 valence electrons. The SMILES string of the molecule is CCN(CC)CCCNCc1cc(OC)c(OC(C)C)cc1Br. The lowest BCUT2D eigenvalue weighted by molar-refractivity contribution is 0.230. The average Bonchev–Trinajstić information content (AvgIpc) is 2.52. The summed E-state index contributed by atoms with van der Waals surface area (Å²) in [5.74, 6) is 1.56. The van der Waals surface area contributed by atoms with Crippen molar-refractivity contribution in [3.05, 3.63) is 22.2 Å². The van der Waals surface area contributed by atoms with Crippen LogP contribution in [0.25, 0.3) is 0 Å². The molecule has 0 aliphatic carbocycles. The van der Waals surface area contributed by atoms with E-state index in [0.29, 0.717) is 0 Å². The maximum Gasteiger partial charge on any atom is 0.162 e. The van der Waals surface area contributed by atoms with Gasteiger partial charge in [0.05, 0.1) is 13.2 Å². The van der Waals surface area contributed by atoms with Gasteiger partial charge in [0.2, 0.25) is 0 Å². The van der Waals surface area contributed by atoms with Crippen molar-refractivity contribution in [1.29, 1.82) is 0 Å². The molecule has 0 unspecified atom stereocenters. The molecule has 0 radical (unpaired) electrons. The molecule has 0 heterocycles. The summed E-state index contributed by atoms with van der Waals surface area (Å²) < 4.78 is 12.3. The molecule has 4 nitrogen and oxygen atoms in total. The zero-order chi connectivity index (χ0) is 17.2. The molecule has 0 saturated carbocycles. The predicted octanol–water partition coefficient (Wildman–Crippen LogP) is 4.07. The van der Waals surface area contributed by atoms with Gasteiger partial charge in [0, 0.05) is 11.0 Å². The van der Waals surface area contributed by atoms with Gasteiger partial charge in [-0.15, -0.1) is 0 Å². The minimum absolute atomic E-state index is 0.125. The van der Waals surface area contributed by atoms with Crippen molar-refractivity contribution in [3.63, 3.8) is 0 Å². The maximum atomic E-state index is 5.79. The van der Waals surface area contributed by atoms with Gasteiger partial charge in [-0.2, -0.15) is 0 Å². The van der Waals surface area contributed by atoms with E-state index in [1.807, 2.05) is 26.0 Å². The van der Waals surface area contributed by atoms with Gasteiger partial charge in [0.1, 0.15) is 0 Å². The molecule has 0 atom stereocenters. The highest BCUT2D eigenvalue weighted by Crippen LogP contribution is 2.34. The summed E-state index contributed by atoms with van der Waals surface area (Å²) in [6.45, 7) is 13.7. The van der Waals surface area contributed by atoms with Crippen molar-refractivity contribution in [3.8, 4) is 11.5 Å². The fraction of sp³-hybridized carbons (Fsp3) is 0.667. The Bertz CT molecular complexity index is 463. The fourth-order valence-electron chi connectivity index (χ4n) is 2.41. The molecule has 0 aromatic heterocycles. The monoisotopic (exact) mass is 386 g/mol. The molecule has 0 aliphatic heterocycles. The normalized spacial score (nSPS) is 11.3. The van der Waals surface area contributed by atoms with Crippen LogP contribution in [0.4, 0.5) is 0 Å². The Morgan fingerprint density at radius 3 is 2.43 bits per heavy atom. The number of halogens is 1. The molecule has 0 saturated heterocycles. The van der Waals surface area contributed by atoms with Crippen LogP contribution in [0.1, 0.15) is 39.7 Å². The van der Waals surface area contributed by atoms with Crippen LogP contribution in [0.3, 0.4) is 0 Å². The lowest BCUT2D eigenvalue weighted by Gasteiger charge is -2.18. The lowest BCUT2D eigenvalue weighted by atomic mass is 10.2. The third kappa shape index (κ3) is 7.10. The topological polar surface area (TPSA) is 33.7 Å². The van der Waals surface area contributed by atoms with Gasteiger partial charge in [-0.1, -0.05) is 29.8 Å². The number of hydrogen-bond donors (Lipinski definition) is 1. The highest BCUT2D eigenvalue weighted by molar-refractivity contribution is 9.10. The number of methoxy groups -OCH3 is 1. The van der Waals surface area contributed by atoms with E-state index < -0.39 is 0 Å². The van der Waals surface area contributed by atoms with E-state index in [9.17, 15) is 0 Å². The van der Waals surface area contributed by atoms with Gasteiger partial charge >= 0.3 is 0 Å². The summed E-state index contributed by atoms with van der Waals surface area (Å²) in [7, 11) is 1.68. The number of benzene rings is 1. The van der Waals surface area contributed by atoms with Gasteiger partial charge in [0.15, 0.2) is 11.5 Å². The number of rotatable bonds is 11. The van der Waals surface area contributed by atoms with Crippen molar-refractivity contribution in [2.45, 2.75) is 46.8 Å². The van der Waals surface area contributed by atoms with Crippen LogP contribution >= 0.6 is 15.9 Å². The Morgan fingerprint density at radius 1 is 1.17 bits per heavy atom. The number of nitrogens with zero attached hydrogens (tertiary/aromatic N) is 1. The molecule has 1 aromatic carbocycles. The quantitative estimate of drug-likeness (QED) is 0.581. The van der Waals surface area contributed by atoms with E-state index in [1.165, 1.54) is 5.56 Å². The fourth-order valence-corrected chi connectivity index (χ4v) is 2.87. The third-order valence-electron chi connectivity index (χ3n) is 3.73. The summed E-state index contributed by atoms with van der Waals surface area (Å²) in [4.78, 5) is 2.44. The van der Waals surface area contributed by atoms with E-state index in [1.54, 1.807) is 7.11 Å². The number of nitrogens with one attached hydrogen (secondary N) is 1. The zero-order valence-electron chi connectivity index (χ0n) is 15.1. The van der Waals surface area contributed by atoms with Crippen molar-refractivity contribution >= 4 is 15.9 Å². The standard InChI is InChI=1S/C18H31BrN2O2/c1-6-21(7-2)10-8-9-20-13-15-11-17(22-5)18(12-16(15)19)23-14(3)4/h11-12,14,20H,6-10,13H2,1-5H3. The molecule has 1 aromatic rings. The summed E-state index contributed by atoms with van der Waals surface area (Å²) >= 11 is 3.63. The van der Waals surface area contributed by atoms with Crippen molar-refractivity contribution < 1.29 is 9.47 Å². The first-order valence-electron chi connectivity index (χ1n) is 8.47. The van der Waals surface area contributed by atoms with E-state index in [4.69, 9.17) is 9.47 Å². The van der Waals surface area contributed by atoms with Crippen molar-refractivity contribution in [2.24, 2.45) is 0 Å². The molecule has 5 heteroatoms. The van der Waals surface area contributed by atoms with Crippen molar-refractivity contribution in [2.75, 3.05) is 33.3 Å².